The van der Waals surface area contributed by atoms with E-state index in [4.69, 9.17) is 28.4 Å². The van der Waals surface area contributed by atoms with Crippen molar-refractivity contribution < 1.29 is 37.6 Å². The molecule has 0 aliphatic rings. The van der Waals surface area contributed by atoms with Gasteiger partial charge in [0.2, 0.25) is 12.7 Å². The zero-order chi connectivity index (χ0) is 39.3. The molecular weight excluding hydrogens is 705 g/mol. The van der Waals surface area contributed by atoms with Crippen LogP contribution in [0.25, 0.3) is 11.4 Å². The lowest BCUT2D eigenvalue weighted by Gasteiger charge is -2.13. The first-order chi connectivity index (χ1) is 27.2. The molecule has 0 N–H and O–H groups in total. The third kappa shape index (κ3) is 11.0. The highest BCUT2D eigenvalue weighted by molar-refractivity contribution is 5.50. The van der Waals surface area contributed by atoms with Crippen molar-refractivity contribution in [2.75, 3.05) is 52.9 Å². The maximum Gasteiger partial charge on any atom is 0.249 e. The van der Waals surface area contributed by atoms with Crippen LogP contribution in [0.15, 0.2) is 110 Å². The van der Waals surface area contributed by atoms with Gasteiger partial charge in [0.15, 0.2) is 23.0 Å². The summed E-state index contributed by atoms with van der Waals surface area (Å²) in [5, 5.41) is 0. The molecule has 0 fully saturated rings. The van der Waals surface area contributed by atoms with E-state index in [2.05, 4.69) is 122 Å². The van der Waals surface area contributed by atoms with Crippen LogP contribution in [0, 0.1) is 41.5 Å². The third-order valence-electron chi connectivity index (χ3n) is 9.43. The fraction of sp³-hybridized carbons (Fsp3) is 0.348. The Bertz CT molecular complexity index is 1970. The predicted octanol–water partition coefficient (Wildman–Crippen LogP) is 7.34. The molecule has 0 amide bonds. The van der Waals surface area contributed by atoms with Crippen LogP contribution in [0.5, 0.6) is 23.0 Å². The first-order valence-electron chi connectivity index (χ1n) is 19.4. The Morgan fingerprint density at radius 3 is 1.11 bits per heavy atom. The third-order valence-corrected chi connectivity index (χ3v) is 9.43. The van der Waals surface area contributed by atoms with Crippen LogP contribution in [0.1, 0.15) is 33.4 Å². The van der Waals surface area contributed by atoms with Gasteiger partial charge in [0.1, 0.15) is 75.7 Å². The standard InChI is InChI=1S/C46H56N4O6/c1-35-29-37(3)45(38(4)30-35)49-17-15-47(33-49)19-21-53-41-11-7-9-13-43(41)55-27-25-51-23-24-52-26-28-56-44-14-10-8-12-42(44)54-22-20-48-16-18-50(34-48)46-39(5)31-36(2)32-40(46)6/h7-18,29-34H,19-28H2,1-6H3/q+2. The number of rotatable bonds is 21. The molecule has 56 heavy (non-hydrogen) atoms. The Hall–Kier alpha value is -5.58. The molecule has 0 radical (unpaired) electrons. The summed E-state index contributed by atoms with van der Waals surface area (Å²) in [5.41, 5.74) is 10.0. The largest absolute Gasteiger partial charge is 0.487 e. The number of imidazole rings is 2. The summed E-state index contributed by atoms with van der Waals surface area (Å²) in [6.07, 6.45) is 12.5. The van der Waals surface area contributed by atoms with Crippen LogP contribution in [0.2, 0.25) is 0 Å². The summed E-state index contributed by atoms with van der Waals surface area (Å²) in [6.45, 7) is 18.0. The zero-order valence-corrected chi connectivity index (χ0v) is 33.7. The molecule has 0 aliphatic carbocycles. The van der Waals surface area contributed by atoms with Gasteiger partial charge in [-0.2, -0.15) is 0 Å². The SMILES string of the molecule is Cc1cc(C)c(-n2cc[n+](CCOc3ccccc3OCCOCCOCCOc3ccccc3OCC[n+]3ccn(-c4c(C)cc(C)cc4C)c3)c2)c(C)c1. The molecule has 6 rings (SSSR count). The quantitative estimate of drug-likeness (QED) is 0.0565. The molecule has 2 aromatic heterocycles. The Balaban J connectivity index is 0.832. The van der Waals surface area contributed by atoms with E-state index in [0.29, 0.717) is 88.9 Å². The molecule has 10 heteroatoms. The number of aromatic nitrogens is 4. The molecule has 0 saturated carbocycles. The van der Waals surface area contributed by atoms with Crippen LogP contribution in [0.3, 0.4) is 0 Å². The van der Waals surface area contributed by atoms with Crippen molar-refractivity contribution >= 4 is 0 Å². The summed E-state index contributed by atoms with van der Waals surface area (Å²) in [6, 6.07) is 24.3. The van der Waals surface area contributed by atoms with Crippen molar-refractivity contribution in [2.45, 2.75) is 54.6 Å². The van der Waals surface area contributed by atoms with Gasteiger partial charge >= 0.3 is 0 Å². The number of hydrogen-bond donors (Lipinski definition) is 0. The van der Waals surface area contributed by atoms with Gasteiger partial charge < -0.3 is 28.4 Å². The minimum atomic E-state index is 0.406. The van der Waals surface area contributed by atoms with E-state index in [1.165, 1.54) is 44.8 Å². The second kappa shape index (κ2) is 19.8. The monoisotopic (exact) mass is 760 g/mol. The van der Waals surface area contributed by atoms with Gasteiger partial charge in [-0.15, -0.1) is 0 Å². The van der Waals surface area contributed by atoms with Crippen molar-refractivity contribution in [1.29, 1.82) is 0 Å². The number of benzene rings is 4. The summed E-state index contributed by atoms with van der Waals surface area (Å²) in [7, 11) is 0. The highest BCUT2D eigenvalue weighted by atomic mass is 16.6. The van der Waals surface area contributed by atoms with E-state index in [1.807, 2.05) is 48.5 Å². The fourth-order valence-electron chi connectivity index (χ4n) is 7.12. The molecule has 10 nitrogen and oxygen atoms in total. The number of aryl methyl sites for hydroxylation is 6. The highest BCUT2D eigenvalue weighted by Gasteiger charge is 2.15. The smallest absolute Gasteiger partial charge is 0.249 e. The second-order valence-electron chi connectivity index (χ2n) is 14.1. The average Bonchev–Trinajstić information content (AvgIpc) is 3.82. The molecule has 6 aromatic rings. The number of para-hydroxylation sites is 4. The predicted molar refractivity (Wildman–Crippen MR) is 217 cm³/mol. The molecule has 0 bridgehead atoms. The average molecular weight is 761 g/mol. The Kier molecular flexibility index (Phi) is 14.2. The van der Waals surface area contributed by atoms with Crippen molar-refractivity contribution in [1.82, 2.24) is 9.13 Å². The lowest BCUT2D eigenvalue weighted by atomic mass is 10.1. The molecule has 0 unspecified atom stereocenters. The number of hydrogen-bond acceptors (Lipinski definition) is 6. The first kappa shape index (κ1) is 40.1. The van der Waals surface area contributed by atoms with E-state index < -0.39 is 0 Å². The van der Waals surface area contributed by atoms with Crippen molar-refractivity contribution in [2.24, 2.45) is 0 Å². The molecule has 0 saturated heterocycles. The number of ether oxygens (including phenoxy) is 6. The minimum absolute atomic E-state index is 0.406. The van der Waals surface area contributed by atoms with Crippen molar-refractivity contribution in [3.8, 4) is 34.4 Å². The summed E-state index contributed by atoms with van der Waals surface area (Å²) in [4.78, 5) is 0. The maximum absolute atomic E-state index is 6.12. The highest BCUT2D eigenvalue weighted by Crippen LogP contribution is 2.27. The van der Waals surface area contributed by atoms with Gasteiger partial charge in [-0.25, -0.2) is 18.3 Å². The molecule has 0 aliphatic heterocycles. The molecular formula is C46H56N4O6+2. The topological polar surface area (TPSA) is 73.0 Å². The fourth-order valence-corrected chi connectivity index (χ4v) is 7.12. The minimum Gasteiger partial charge on any atom is -0.487 e. The molecule has 4 aromatic carbocycles. The summed E-state index contributed by atoms with van der Waals surface area (Å²) < 4.78 is 44.3. The van der Waals surface area contributed by atoms with Crippen molar-refractivity contribution in [3.63, 3.8) is 0 Å². The number of nitrogens with zero attached hydrogens (tertiary/aromatic N) is 4. The maximum atomic E-state index is 6.12. The Labute approximate surface area is 331 Å². The normalized spacial score (nSPS) is 11.2. The summed E-state index contributed by atoms with van der Waals surface area (Å²) >= 11 is 0. The lowest BCUT2D eigenvalue weighted by Crippen LogP contribution is -2.34. The summed E-state index contributed by atoms with van der Waals surface area (Å²) in [5.74, 6) is 2.82. The van der Waals surface area contributed by atoms with E-state index in [0.717, 1.165) is 0 Å². The Morgan fingerprint density at radius 1 is 0.429 bits per heavy atom. The van der Waals surface area contributed by atoms with Crippen LogP contribution in [-0.4, -0.2) is 62.0 Å². The Morgan fingerprint density at radius 2 is 0.750 bits per heavy atom. The van der Waals surface area contributed by atoms with Gasteiger partial charge in [0.25, 0.3) is 0 Å². The molecule has 0 spiro atoms. The van der Waals surface area contributed by atoms with Crippen LogP contribution >= 0.6 is 0 Å². The van der Waals surface area contributed by atoms with E-state index in [1.54, 1.807) is 0 Å². The second-order valence-corrected chi connectivity index (χ2v) is 14.1. The van der Waals surface area contributed by atoms with E-state index in [-0.39, 0.29) is 0 Å². The van der Waals surface area contributed by atoms with Gasteiger partial charge in [-0.05, 0) is 88.1 Å². The van der Waals surface area contributed by atoms with E-state index in [9.17, 15) is 0 Å². The van der Waals surface area contributed by atoms with Crippen LogP contribution < -0.4 is 28.1 Å². The first-order valence-corrected chi connectivity index (χ1v) is 19.4. The van der Waals surface area contributed by atoms with E-state index >= 15 is 0 Å². The van der Waals surface area contributed by atoms with Gasteiger partial charge in [0, 0.05) is 0 Å². The lowest BCUT2D eigenvalue weighted by molar-refractivity contribution is -0.696. The van der Waals surface area contributed by atoms with Crippen LogP contribution in [0.4, 0.5) is 0 Å². The van der Waals surface area contributed by atoms with Crippen LogP contribution in [-0.2, 0) is 22.6 Å². The molecule has 2 heterocycles. The molecule has 0 atom stereocenters. The van der Waals surface area contributed by atoms with Gasteiger partial charge in [0.05, 0.1) is 26.4 Å². The van der Waals surface area contributed by atoms with Crippen molar-refractivity contribution in [3.05, 3.63) is 144 Å². The van der Waals surface area contributed by atoms with Gasteiger partial charge in [-0.1, -0.05) is 59.7 Å². The zero-order valence-electron chi connectivity index (χ0n) is 33.7. The van der Waals surface area contributed by atoms with Gasteiger partial charge in [-0.3, -0.25) is 0 Å². The molecule has 294 valence electrons.